The van der Waals surface area contributed by atoms with Gasteiger partial charge in [-0.05, 0) is 43.3 Å². The Hall–Kier alpha value is -3.13. The number of aryl methyl sites for hydroxylation is 1. The van der Waals surface area contributed by atoms with E-state index >= 15 is 0 Å². The van der Waals surface area contributed by atoms with Crippen molar-refractivity contribution >= 4 is 22.7 Å². The second-order valence-electron chi connectivity index (χ2n) is 4.67. The second kappa shape index (κ2) is 5.10. The molecule has 1 aromatic heterocycles. The minimum atomic E-state index is -0.295. The molecular weight excluding hydrogens is 266 g/mol. The Bertz CT molecular complexity index is 857. The number of fused-ring (bicyclic) bond motifs is 1. The monoisotopic (exact) mass is 277 g/mol. The number of anilines is 1. The van der Waals surface area contributed by atoms with Crippen molar-refractivity contribution in [3.63, 3.8) is 0 Å². The highest BCUT2D eigenvalue weighted by Gasteiger charge is 2.12. The van der Waals surface area contributed by atoms with E-state index in [2.05, 4.69) is 10.5 Å². The lowest BCUT2D eigenvalue weighted by molar-refractivity contribution is 0.102. The summed E-state index contributed by atoms with van der Waals surface area (Å²) in [5.41, 5.74) is 2.64. The van der Waals surface area contributed by atoms with Crippen molar-refractivity contribution < 1.29 is 9.32 Å². The Kier molecular flexibility index (Phi) is 3.13. The quantitative estimate of drug-likeness (QED) is 0.779. The SMILES string of the molecule is Cc1ccc2onc(NC(=O)c3ccc(C#N)cc3)c2c1. The van der Waals surface area contributed by atoms with Crippen molar-refractivity contribution in [2.75, 3.05) is 5.32 Å². The normalized spacial score (nSPS) is 10.3. The number of benzene rings is 2. The lowest BCUT2D eigenvalue weighted by Gasteiger charge is -2.02. The molecule has 21 heavy (non-hydrogen) atoms. The molecule has 0 fully saturated rings. The molecule has 2 aromatic carbocycles. The highest BCUT2D eigenvalue weighted by Crippen LogP contribution is 2.24. The van der Waals surface area contributed by atoms with Crippen LogP contribution < -0.4 is 5.32 Å². The standard InChI is InChI=1S/C16H11N3O2/c1-10-2-7-14-13(8-10)15(19-21-14)18-16(20)12-5-3-11(9-17)4-6-12/h2-8H,1H3,(H,18,19,20). The molecule has 0 aliphatic carbocycles. The molecule has 5 nitrogen and oxygen atoms in total. The number of carbonyl (C=O) groups excluding carboxylic acids is 1. The largest absolute Gasteiger partial charge is 0.354 e. The highest BCUT2D eigenvalue weighted by molar-refractivity contribution is 6.07. The van der Waals surface area contributed by atoms with Crippen molar-refractivity contribution in [3.05, 3.63) is 59.2 Å². The number of carbonyl (C=O) groups is 1. The predicted octanol–water partition coefficient (Wildman–Crippen LogP) is 3.26. The van der Waals surface area contributed by atoms with Crippen LogP contribution in [-0.4, -0.2) is 11.1 Å². The first-order valence-corrected chi connectivity index (χ1v) is 6.35. The highest BCUT2D eigenvalue weighted by atomic mass is 16.5. The molecule has 0 saturated carbocycles. The van der Waals surface area contributed by atoms with Crippen LogP contribution in [0.5, 0.6) is 0 Å². The zero-order valence-corrected chi connectivity index (χ0v) is 11.3. The van der Waals surface area contributed by atoms with E-state index < -0.39 is 0 Å². The Labute approximate surface area is 120 Å². The molecule has 0 spiro atoms. The molecule has 1 N–H and O–H groups in total. The molecular formula is C16H11N3O2. The number of rotatable bonds is 2. The van der Waals surface area contributed by atoms with Crippen molar-refractivity contribution in [2.45, 2.75) is 6.92 Å². The van der Waals surface area contributed by atoms with E-state index in [1.165, 1.54) is 0 Å². The first-order chi connectivity index (χ1) is 10.2. The molecule has 0 saturated heterocycles. The molecule has 3 rings (SSSR count). The molecule has 0 unspecified atom stereocenters. The summed E-state index contributed by atoms with van der Waals surface area (Å²) in [5.74, 6) is 0.0965. The molecule has 0 aliphatic rings. The van der Waals surface area contributed by atoms with Crippen LogP contribution in [-0.2, 0) is 0 Å². The van der Waals surface area contributed by atoms with E-state index in [9.17, 15) is 4.79 Å². The Morgan fingerprint density at radius 2 is 2.00 bits per heavy atom. The summed E-state index contributed by atoms with van der Waals surface area (Å²) in [7, 11) is 0. The van der Waals surface area contributed by atoms with Gasteiger partial charge in [0.1, 0.15) is 0 Å². The van der Waals surface area contributed by atoms with Crippen LogP contribution in [0.25, 0.3) is 11.0 Å². The topological polar surface area (TPSA) is 78.9 Å². The number of nitriles is 1. The minimum absolute atomic E-state index is 0.295. The van der Waals surface area contributed by atoms with Gasteiger partial charge in [-0.15, -0.1) is 0 Å². The molecule has 1 heterocycles. The third kappa shape index (κ3) is 2.47. The van der Waals surface area contributed by atoms with E-state index in [0.29, 0.717) is 22.5 Å². The molecule has 5 heteroatoms. The van der Waals surface area contributed by atoms with Gasteiger partial charge in [-0.1, -0.05) is 16.8 Å². The molecule has 0 aliphatic heterocycles. The summed E-state index contributed by atoms with van der Waals surface area (Å²) in [6.45, 7) is 1.96. The fourth-order valence-corrected chi connectivity index (χ4v) is 2.02. The summed E-state index contributed by atoms with van der Waals surface area (Å²) in [6.07, 6.45) is 0. The number of amides is 1. The Balaban J connectivity index is 1.89. The summed E-state index contributed by atoms with van der Waals surface area (Å²) in [4.78, 5) is 12.2. The van der Waals surface area contributed by atoms with Crippen LogP contribution in [0.15, 0.2) is 47.0 Å². The van der Waals surface area contributed by atoms with Crippen LogP contribution in [0, 0.1) is 18.3 Å². The lowest BCUT2D eigenvalue weighted by atomic mass is 10.1. The molecule has 0 bridgehead atoms. The van der Waals surface area contributed by atoms with Crippen LogP contribution in [0.3, 0.4) is 0 Å². The maximum atomic E-state index is 12.2. The van der Waals surface area contributed by atoms with Gasteiger partial charge in [0.2, 0.25) is 0 Å². The second-order valence-corrected chi connectivity index (χ2v) is 4.67. The number of nitrogens with zero attached hydrogens (tertiary/aromatic N) is 2. The fraction of sp³-hybridized carbons (Fsp3) is 0.0625. The van der Waals surface area contributed by atoms with Gasteiger partial charge in [0.15, 0.2) is 11.4 Å². The van der Waals surface area contributed by atoms with Crippen LogP contribution in [0.4, 0.5) is 5.82 Å². The van der Waals surface area contributed by atoms with Gasteiger partial charge in [0.05, 0.1) is 17.0 Å². The molecule has 3 aromatic rings. The maximum absolute atomic E-state index is 12.2. The fourth-order valence-electron chi connectivity index (χ4n) is 2.02. The van der Waals surface area contributed by atoms with Gasteiger partial charge in [0, 0.05) is 5.56 Å². The van der Waals surface area contributed by atoms with E-state index in [-0.39, 0.29) is 5.91 Å². The van der Waals surface area contributed by atoms with E-state index in [1.807, 2.05) is 31.2 Å². The average molecular weight is 277 g/mol. The average Bonchev–Trinajstić information content (AvgIpc) is 2.89. The van der Waals surface area contributed by atoms with Crippen molar-refractivity contribution in [1.29, 1.82) is 5.26 Å². The first-order valence-electron chi connectivity index (χ1n) is 6.35. The molecule has 1 amide bonds. The first kappa shape index (κ1) is 12.9. The van der Waals surface area contributed by atoms with E-state index in [4.69, 9.17) is 9.78 Å². The Morgan fingerprint density at radius 1 is 1.24 bits per heavy atom. The predicted molar refractivity (Wildman–Crippen MR) is 77.9 cm³/mol. The van der Waals surface area contributed by atoms with Gasteiger partial charge in [0.25, 0.3) is 5.91 Å². The molecule has 0 atom stereocenters. The molecule has 102 valence electrons. The summed E-state index contributed by atoms with van der Waals surface area (Å²) >= 11 is 0. The number of aromatic nitrogens is 1. The lowest BCUT2D eigenvalue weighted by Crippen LogP contribution is -2.12. The van der Waals surface area contributed by atoms with Crippen LogP contribution in [0.1, 0.15) is 21.5 Å². The van der Waals surface area contributed by atoms with Gasteiger partial charge in [-0.3, -0.25) is 4.79 Å². The third-order valence-electron chi connectivity index (χ3n) is 3.13. The maximum Gasteiger partial charge on any atom is 0.256 e. The Morgan fingerprint density at radius 3 is 2.71 bits per heavy atom. The van der Waals surface area contributed by atoms with Crippen molar-refractivity contribution in [3.8, 4) is 6.07 Å². The van der Waals surface area contributed by atoms with E-state index in [1.54, 1.807) is 24.3 Å². The van der Waals surface area contributed by atoms with Gasteiger partial charge < -0.3 is 9.84 Å². The van der Waals surface area contributed by atoms with Gasteiger partial charge in [-0.25, -0.2) is 0 Å². The zero-order chi connectivity index (χ0) is 14.8. The van der Waals surface area contributed by atoms with Crippen LogP contribution >= 0.6 is 0 Å². The summed E-state index contributed by atoms with van der Waals surface area (Å²) in [5, 5.41) is 16.1. The van der Waals surface area contributed by atoms with E-state index in [0.717, 1.165) is 10.9 Å². The third-order valence-corrected chi connectivity index (χ3v) is 3.13. The smallest absolute Gasteiger partial charge is 0.256 e. The number of hydrogen-bond acceptors (Lipinski definition) is 4. The van der Waals surface area contributed by atoms with Gasteiger partial charge in [-0.2, -0.15) is 5.26 Å². The number of hydrogen-bond donors (Lipinski definition) is 1. The van der Waals surface area contributed by atoms with Crippen molar-refractivity contribution in [2.24, 2.45) is 0 Å². The minimum Gasteiger partial charge on any atom is -0.354 e. The summed E-state index contributed by atoms with van der Waals surface area (Å²) in [6, 6.07) is 14.0. The zero-order valence-electron chi connectivity index (χ0n) is 11.3. The summed E-state index contributed by atoms with van der Waals surface area (Å²) < 4.78 is 5.17. The van der Waals surface area contributed by atoms with Gasteiger partial charge >= 0.3 is 0 Å². The number of nitrogens with one attached hydrogen (secondary N) is 1. The van der Waals surface area contributed by atoms with Crippen molar-refractivity contribution in [1.82, 2.24) is 5.16 Å². The molecule has 0 radical (unpaired) electrons. The van der Waals surface area contributed by atoms with Crippen LogP contribution in [0.2, 0.25) is 0 Å².